The fourth-order valence-electron chi connectivity index (χ4n) is 2.76. The molecule has 4 atom stereocenters. The molecule has 4 nitrogen and oxygen atoms in total. The molecule has 2 aliphatic rings. The van der Waals surface area contributed by atoms with Crippen molar-refractivity contribution in [2.45, 2.75) is 25.4 Å². The SMILES string of the molecule is C=CC[C@@H]1C=C[C@@H](CC(=O)O)[C@H]2CC(=O)O[C@H]21. The summed E-state index contributed by atoms with van der Waals surface area (Å²) in [6, 6.07) is 0. The maximum Gasteiger partial charge on any atom is 0.306 e. The Morgan fingerprint density at radius 3 is 2.88 bits per heavy atom. The molecule has 1 aliphatic carbocycles. The lowest BCUT2D eigenvalue weighted by Gasteiger charge is -2.32. The fourth-order valence-corrected chi connectivity index (χ4v) is 2.76. The van der Waals surface area contributed by atoms with E-state index in [-0.39, 0.29) is 36.2 Å². The highest BCUT2D eigenvalue weighted by Crippen LogP contribution is 2.41. The zero-order valence-electron chi connectivity index (χ0n) is 9.54. The molecule has 0 radical (unpaired) electrons. The van der Waals surface area contributed by atoms with Crippen LogP contribution in [0.3, 0.4) is 0 Å². The van der Waals surface area contributed by atoms with Crippen LogP contribution in [0, 0.1) is 17.8 Å². The van der Waals surface area contributed by atoms with Gasteiger partial charge in [-0.15, -0.1) is 6.58 Å². The molecule has 0 aromatic heterocycles. The number of carbonyl (C=O) groups excluding carboxylic acids is 1. The van der Waals surface area contributed by atoms with Crippen LogP contribution in [0.2, 0.25) is 0 Å². The number of ether oxygens (including phenoxy) is 1. The zero-order valence-corrected chi connectivity index (χ0v) is 9.54. The van der Waals surface area contributed by atoms with Gasteiger partial charge in [-0.05, 0) is 12.3 Å². The summed E-state index contributed by atoms with van der Waals surface area (Å²) < 4.78 is 5.31. The second-order valence-corrected chi connectivity index (χ2v) is 4.66. The van der Waals surface area contributed by atoms with Crippen molar-refractivity contribution >= 4 is 11.9 Å². The van der Waals surface area contributed by atoms with E-state index in [1.807, 2.05) is 12.2 Å². The van der Waals surface area contributed by atoms with Crippen molar-refractivity contribution in [3.8, 4) is 0 Å². The molecule has 0 spiro atoms. The van der Waals surface area contributed by atoms with Crippen LogP contribution in [-0.2, 0) is 14.3 Å². The zero-order chi connectivity index (χ0) is 12.4. The average molecular weight is 236 g/mol. The predicted molar refractivity (Wildman–Crippen MR) is 61.2 cm³/mol. The molecule has 0 aromatic carbocycles. The summed E-state index contributed by atoms with van der Waals surface area (Å²) in [6.07, 6.45) is 6.67. The van der Waals surface area contributed by atoms with Gasteiger partial charge in [-0.1, -0.05) is 18.2 Å². The summed E-state index contributed by atoms with van der Waals surface area (Å²) in [4.78, 5) is 22.1. The van der Waals surface area contributed by atoms with Crippen LogP contribution in [0.5, 0.6) is 0 Å². The Labute approximate surface area is 100.0 Å². The molecular formula is C13H16O4. The largest absolute Gasteiger partial charge is 0.481 e. The lowest BCUT2D eigenvalue weighted by atomic mass is 9.74. The van der Waals surface area contributed by atoms with E-state index in [9.17, 15) is 9.59 Å². The standard InChI is InChI=1S/C13H16O4/c1-2-3-8-4-5-9(6-11(14)15)10-7-12(16)17-13(8)10/h2,4-5,8-10,13H,1,3,6-7H2,(H,14,15)/t8-,9+,10-,13+/m1/s1. The molecule has 0 aromatic rings. The van der Waals surface area contributed by atoms with Gasteiger partial charge in [-0.25, -0.2) is 0 Å². The van der Waals surface area contributed by atoms with Gasteiger partial charge in [0.15, 0.2) is 0 Å². The molecule has 2 rings (SSSR count). The van der Waals surface area contributed by atoms with E-state index < -0.39 is 5.97 Å². The monoisotopic (exact) mass is 236 g/mol. The van der Waals surface area contributed by atoms with Crippen LogP contribution < -0.4 is 0 Å². The van der Waals surface area contributed by atoms with Crippen LogP contribution in [0.4, 0.5) is 0 Å². The van der Waals surface area contributed by atoms with Gasteiger partial charge < -0.3 is 9.84 Å². The third kappa shape index (κ3) is 2.40. The lowest BCUT2D eigenvalue weighted by Crippen LogP contribution is -2.34. The Balaban J connectivity index is 2.17. The number of esters is 1. The summed E-state index contributed by atoms with van der Waals surface area (Å²) in [5.74, 6) is -0.986. The van der Waals surface area contributed by atoms with Gasteiger partial charge >= 0.3 is 11.9 Å². The molecule has 0 bridgehead atoms. The van der Waals surface area contributed by atoms with Gasteiger partial charge in [0.05, 0.1) is 12.8 Å². The molecule has 92 valence electrons. The Morgan fingerprint density at radius 1 is 1.53 bits per heavy atom. The minimum Gasteiger partial charge on any atom is -0.481 e. The highest BCUT2D eigenvalue weighted by Gasteiger charge is 2.44. The highest BCUT2D eigenvalue weighted by molar-refractivity contribution is 5.73. The first-order valence-electron chi connectivity index (χ1n) is 5.82. The van der Waals surface area contributed by atoms with Crippen LogP contribution in [0.25, 0.3) is 0 Å². The van der Waals surface area contributed by atoms with Crippen molar-refractivity contribution in [1.29, 1.82) is 0 Å². The smallest absolute Gasteiger partial charge is 0.306 e. The van der Waals surface area contributed by atoms with E-state index >= 15 is 0 Å². The Kier molecular flexibility index (Phi) is 3.31. The van der Waals surface area contributed by atoms with Gasteiger partial charge in [-0.2, -0.15) is 0 Å². The molecule has 1 heterocycles. The number of hydrogen-bond acceptors (Lipinski definition) is 3. The number of aliphatic carboxylic acids is 1. The third-order valence-corrected chi connectivity index (χ3v) is 3.52. The fraction of sp³-hybridized carbons (Fsp3) is 0.538. The summed E-state index contributed by atoms with van der Waals surface area (Å²) in [5, 5.41) is 8.85. The Bertz CT molecular complexity index is 372. The third-order valence-electron chi connectivity index (χ3n) is 3.52. The molecular weight excluding hydrogens is 220 g/mol. The maximum atomic E-state index is 11.4. The quantitative estimate of drug-likeness (QED) is 0.597. The number of carboxylic acids is 1. The molecule has 17 heavy (non-hydrogen) atoms. The topological polar surface area (TPSA) is 63.6 Å². The maximum absolute atomic E-state index is 11.4. The van der Waals surface area contributed by atoms with Gasteiger partial charge in [0.25, 0.3) is 0 Å². The van der Waals surface area contributed by atoms with E-state index in [0.29, 0.717) is 6.42 Å². The molecule has 4 heteroatoms. The predicted octanol–water partition coefficient (Wildman–Crippen LogP) is 1.77. The molecule has 0 saturated carbocycles. The summed E-state index contributed by atoms with van der Waals surface area (Å²) in [7, 11) is 0. The van der Waals surface area contributed by atoms with Crippen molar-refractivity contribution in [2.75, 3.05) is 0 Å². The van der Waals surface area contributed by atoms with Crippen molar-refractivity contribution < 1.29 is 19.4 Å². The Morgan fingerprint density at radius 2 is 2.24 bits per heavy atom. The number of hydrogen-bond donors (Lipinski definition) is 1. The first-order chi connectivity index (χ1) is 8.11. The van der Waals surface area contributed by atoms with Crippen LogP contribution in [-0.4, -0.2) is 23.1 Å². The van der Waals surface area contributed by atoms with Gasteiger partial charge in [0, 0.05) is 11.8 Å². The first kappa shape index (κ1) is 11.9. The number of carbonyl (C=O) groups is 2. The number of carboxylic acid groups (broad SMARTS) is 1. The lowest BCUT2D eigenvalue weighted by molar-refractivity contribution is -0.143. The van der Waals surface area contributed by atoms with E-state index in [0.717, 1.165) is 6.42 Å². The minimum atomic E-state index is -0.833. The molecule has 1 saturated heterocycles. The molecule has 1 N–H and O–H groups in total. The van der Waals surface area contributed by atoms with Crippen molar-refractivity contribution in [3.05, 3.63) is 24.8 Å². The highest BCUT2D eigenvalue weighted by atomic mass is 16.6. The second-order valence-electron chi connectivity index (χ2n) is 4.66. The van der Waals surface area contributed by atoms with Gasteiger partial charge in [0.2, 0.25) is 0 Å². The van der Waals surface area contributed by atoms with Gasteiger partial charge in [0.1, 0.15) is 6.10 Å². The van der Waals surface area contributed by atoms with Crippen LogP contribution in [0.1, 0.15) is 19.3 Å². The average Bonchev–Trinajstić information content (AvgIpc) is 2.63. The van der Waals surface area contributed by atoms with Crippen LogP contribution in [0.15, 0.2) is 24.8 Å². The summed E-state index contributed by atoms with van der Waals surface area (Å²) in [5.41, 5.74) is 0. The number of allylic oxidation sites excluding steroid dienone is 2. The van der Waals surface area contributed by atoms with E-state index in [1.54, 1.807) is 6.08 Å². The number of fused-ring (bicyclic) bond motifs is 1. The van der Waals surface area contributed by atoms with Crippen LogP contribution >= 0.6 is 0 Å². The van der Waals surface area contributed by atoms with E-state index in [2.05, 4.69) is 6.58 Å². The normalized spacial score (nSPS) is 35.2. The molecule has 0 amide bonds. The minimum absolute atomic E-state index is 0.00792. The van der Waals surface area contributed by atoms with Crippen molar-refractivity contribution in [1.82, 2.24) is 0 Å². The van der Waals surface area contributed by atoms with Gasteiger partial charge in [-0.3, -0.25) is 9.59 Å². The Hall–Kier alpha value is -1.58. The van der Waals surface area contributed by atoms with E-state index in [4.69, 9.17) is 9.84 Å². The number of rotatable bonds is 4. The van der Waals surface area contributed by atoms with Crippen molar-refractivity contribution in [2.24, 2.45) is 17.8 Å². The molecule has 0 unspecified atom stereocenters. The van der Waals surface area contributed by atoms with E-state index in [1.165, 1.54) is 0 Å². The van der Waals surface area contributed by atoms with Crippen molar-refractivity contribution in [3.63, 3.8) is 0 Å². The summed E-state index contributed by atoms with van der Waals surface area (Å²) >= 11 is 0. The molecule has 1 fully saturated rings. The molecule has 1 aliphatic heterocycles. The summed E-state index contributed by atoms with van der Waals surface area (Å²) in [6.45, 7) is 3.69. The first-order valence-corrected chi connectivity index (χ1v) is 5.82. The second kappa shape index (κ2) is 4.73.